The molecule has 0 atom stereocenters. The van der Waals surface area contributed by atoms with Gasteiger partial charge in [0.25, 0.3) is 10.0 Å². The number of sulfonamides is 1. The summed E-state index contributed by atoms with van der Waals surface area (Å²) in [6, 6.07) is 15.1. The van der Waals surface area contributed by atoms with Gasteiger partial charge in [-0.25, -0.2) is 12.8 Å². The van der Waals surface area contributed by atoms with Crippen LogP contribution in [0.5, 0.6) is 17.2 Å². The fourth-order valence-electron chi connectivity index (χ4n) is 2.94. The van der Waals surface area contributed by atoms with Gasteiger partial charge in [-0.05, 0) is 53.6 Å². The fraction of sp³-hybridized carbons (Fsp3) is 0.130. The largest absolute Gasteiger partial charge is 0.493 e. The monoisotopic (exact) mass is 443 g/mol. The van der Waals surface area contributed by atoms with E-state index in [1.54, 1.807) is 48.6 Å². The first kappa shape index (κ1) is 22.2. The van der Waals surface area contributed by atoms with Gasteiger partial charge in [0.1, 0.15) is 5.82 Å². The van der Waals surface area contributed by atoms with Gasteiger partial charge in [-0.15, -0.1) is 0 Å². The van der Waals surface area contributed by atoms with Gasteiger partial charge in [-0.1, -0.05) is 30.4 Å². The maximum absolute atomic E-state index is 13.1. The van der Waals surface area contributed by atoms with Gasteiger partial charge in [0.05, 0.1) is 31.9 Å². The molecule has 0 aromatic heterocycles. The van der Waals surface area contributed by atoms with Gasteiger partial charge in [0.15, 0.2) is 11.5 Å². The van der Waals surface area contributed by atoms with E-state index in [4.69, 9.17) is 14.2 Å². The summed E-state index contributed by atoms with van der Waals surface area (Å²) in [5.74, 6) is 0.987. The number of halogens is 1. The molecule has 0 aliphatic carbocycles. The van der Waals surface area contributed by atoms with Gasteiger partial charge in [0.2, 0.25) is 5.75 Å². The van der Waals surface area contributed by atoms with E-state index in [9.17, 15) is 12.8 Å². The minimum atomic E-state index is -3.87. The van der Waals surface area contributed by atoms with Crippen LogP contribution in [-0.2, 0) is 10.0 Å². The number of hydrogen-bond acceptors (Lipinski definition) is 5. The van der Waals surface area contributed by atoms with Crippen molar-refractivity contribution >= 4 is 27.9 Å². The predicted molar refractivity (Wildman–Crippen MR) is 119 cm³/mol. The van der Waals surface area contributed by atoms with Gasteiger partial charge in [-0.2, -0.15) is 0 Å². The maximum atomic E-state index is 13.1. The molecule has 6 nitrogen and oxygen atoms in total. The van der Waals surface area contributed by atoms with Crippen molar-refractivity contribution in [2.45, 2.75) is 4.90 Å². The third-order valence-corrected chi connectivity index (χ3v) is 5.85. The Morgan fingerprint density at radius 2 is 1.45 bits per heavy atom. The lowest BCUT2D eigenvalue weighted by Crippen LogP contribution is -2.13. The van der Waals surface area contributed by atoms with Crippen molar-refractivity contribution in [3.63, 3.8) is 0 Å². The van der Waals surface area contributed by atoms with Gasteiger partial charge >= 0.3 is 0 Å². The zero-order valence-corrected chi connectivity index (χ0v) is 18.1. The number of nitrogens with one attached hydrogen (secondary N) is 1. The van der Waals surface area contributed by atoms with E-state index in [2.05, 4.69) is 4.72 Å². The van der Waals surface area contributed by atoms with E-state index in [0.29, 0.717) is 28.5 Å². The first-order valence-corrected chi connectivity index (χ1v) is 10.7. The maximum Gasteiger partial charge on any atom is 0.261 e. The number of rotatable bonds is 8. The average Bonchev–Trinajstić information content (AvgIpc) is 2.77. The Kier molecular flexibility index (Phi) is 6.81. The molecule has 0 amide bonds. The molecule has 1 N–H and O–H groups in total. The van der Waals surface area contributed by atoms with Crippen molar-refractivity contribution in [2.24, 2.45) is 0 Å². The third kappa shape index (κ3) is 5.16. The number of ether oxygens (including phenoxy) is 3. The molecule has 0 bridgehead atoms. The Morgan fingerprint density at radius 3 is 2.03 bits per heavy atom. The topological polar surface area (TPSA) is 73.9 Å². The van der Waals surface area contributed by atoms with E-state index in [1.807, 2.05) is 0 Å². The van der Waals surface area contributed by atoms with Gasteiger partial charge < -0.3 is 14.2 Å². The molecule has 3 aromatic carbocycles. The highest BCUT2D eigenvalue weighted by molar-refractivity contribution is 7.92. The quantitative estimate of drug-likeness (QED) is 0.505. The second kappa shape index (κ2) is 9.53. The number of anilines is 1. The summed E-state index contributed by atoms with van der Waals surface area (Å²) in [4.78, 5) is -0.0303. The van der Waals surface area contributed by atoms with Crippen molar-refractivity contribution in [3.05, 3.63) is 77.6 Å². The van der Waals surface area contributed by atoms with E-state index in [1.165, 1.54) is 33.5 Å². The second-order valence-electron chi connectivity index (χ2n) is 6.44. The standard InChI is InChI=1S/C23H22FNO5S/c1-28-21-14-16(15-22(29-2)23(21)30-3)8-9-17-6-4-5-7-20(17)25-31(26,27)19-12-10-18(24)11-13-19/h4-15,25H,1-3H3/b9-8-. The molecule has 0 saturated carbocycles. The molecule has 0 heterocycles. The van der Waals surface area contributed by atoms with Crippen LogP contribution in [0.15, 0.2) is 65.6 Å². The smallest absolute Gasteiger partial charge is 0.261 e. The Balaban J connectivity index is 1.92. The van der Waals surface area contributed by atoms with Crippen LogP contribution in [0.1, 0.15) is 11.1 Å². The van der Waals surface area contributed by atoms with Gasteiger partial charge in [0, 0.05) is 0 Å². The molecule has 0 unspecified atom stereocenters. The van der Waals surface area contributed by atoms with Gasteiger partial charge in [-0.3, -0.25) is 4.72 Å². The summed E-state index contributed by atoms with van der Waals surface area (Å²) in [6.45, 7) is 0. The highest BCUT2D eigenvalue weighted by atomic mass is 32.2. The zero-order chi connectivity index (χ0) is 22.4. The minimum absolute atomic E-state index is 0.0303. The molecule has 8 heteroatoms. The summed E-state index contributed by atoms with van der Waals surface area (Å²) >= 11 is 0. The highest BCUT2D eigenvalue weighted by Crippen LogP contribution is 2.38. The SMILES string of the molecule is COc1cc(/C=C\c2ccccc2NS(=O)(=O)c2ccc(F)cc2)cc(OC)c1OC. The average molecular weight is 443 g/mol. The van der Waals surface area contributed by atoms with Crippen molar-refractivity contribution in [1.29, 1.82) is 0 Å². The number of benzene rings is 3. The minimum Gasteiger partial charge on any atom is -0.493 e. The predicted octanol–water partition coefficient (Wildman–Crippen LogP) is 4.82. The van der Waals surface area contributed by atoms with E-state index >= 15 is 0 Å². The molecule has 0 spiro atoms. The summed E-state index contributed by atoms with van der Waals surface area (Å²) in [7, 11) is 0.718. The Morgan fingerprint density at radius 1 is 0.839 bits per heavy atom. The molecule has 0 aliphatic heterocycles. The molecule has 162 valence electrons. The lowest BCUT2D eigenvalue weighted by molar-refractivity contribution is 0.324. The van der Waals surface area contributed by atoms with Crippen LogP contribution in [0.2, 0.25) is 0 Å². The Labute approximate surface area is 180 Å². The first-order valence-electron chi connectivity index (χ1n) is 9.23. The lowest BCUT2D eigenvalue weighted by Gasteiger charge is -2.13. The molecule has 0 radical (unpaired) electrons. The van der Waals surface area contributed by atoms with Crippen molar-refractivity contribution in [3.8, 4) is 17.2 Å². The lowest BCUT2D eigenvalue weighted by atomic mass is 10.1. The summed E-state index contributed by atoms with van der Waals surface area (Å²) < 4.78 is 57.1. The van der Waals surface area contributed by atoms with Crippen LogP contribution in [-0.4, -0.2) is 29.7 Å². The number of methoxy groups -OCH3 is 3. The van der Waals surface area contributed by atoms with Crippen LogP contribution in [0.4, 0.5) is 10.1 Å². The third-order valence-electron chi connectivity index (χ3n) is 4.47. The molecular formula is C23H22FNO5S. The normalized spacial score (nSPS) is 11.4. The van der Waals surface area contributed by atoms with Crippen molar-refractivity contribution in [1.82, 2.24) is 0 Å². The second-order valence-corrected chi connectivity index (χ2v) is 8.12. The summed E-state index contributed by atoms with van der Waals surface area (Å²) in [6.07, 6.45) is 3.57. The van der Waals surface area contributed by atoms with Crippen LogP contribution < -0.4 is 18.9 Å². The molecule has 0 fully saturated rings. The summed E-state index contributed by atoms with van der Waals surface area (Å²) in [5, 5.41) is 0. The van der Waals surface area contributed by atoms with E-state index in [0.717, 1.165) is 17.7 Å². The van der Waals surface area contributed by atoms with Crippen LogP contribution in [0.3, 0.4) is 0 Å². The highest BCUT2D eigenvalue weighted by Gasteiger charge is 2.16. The number of para-hydroxylation sites is 1. The molecule has 31 heavy (non-hydrogen) atoms. The summed E-state index contributed by atoms with van der Waals surface area (Å²) in [5.41, 5.74) is 1.79. The number of hydrogen-bond donors (Lipinski definition) is 1. The molecule has 3 aromatic rings. The first-order chi connectivity index (χ1) is 14.9. The van der Waals surface area contributed by atoms with E-state index < -0.39 is 15.8 Å². The van der Waals surface area contributed by atoms with E-state index in [-0.39, 0.29) is 4.90 Å². The molecule has 0 aliphatic rings. The fourth-order valence-corrected chi connectivity index (χ4v) is 4.02. The molecular weight excluding hydrogens is 421 g/mol. The molecule has 3 rings (SSSR count). The molecule has 0 saturated heterocycles. The zero-order valence-electron chi connectivity index (χ0n) is 17.3. The van der Waals surface area contributed by atoms with Crippen LogP contribution in [0.25, 0.3) is 12.2 Å². The van der Waals surface area contributed by atoms with Crippen molar-refractivity contribution in [2.75, 3.05) is 26.1 Å². The van der Waals surface area contributed by atoms with Crippen LogP contribution in [0, 0.1) is 5.82 Å². The Bertz CT molecular complexity index is 1170. The Hall–Kier alpha value is -3.52. The van der Waals surface area contributed by atoms with Crippen molar-refractivity contribution < 1.29 is 27.0 Å². The van der Waals surface area contributed by atoms with Crippen LogP contribution >= 0.6 is 0 Å².